The summed E-state index contributed by atoms with van der Waals surface area (Å²) in [5.41, 5.74) is 4.18. The molecule has 2 aromatic heterocycles. The quantitative estimate of drug-likeness (QED) is 0.725. The first-order chi connectivity index (χ1) is 11.9. The molecule has 2 heterocycles. The van der Waals surface area contributed by atoms with Crippen molar-refractivity contribution in [2.24, 2.45) is 13.0 Å². The summed E-state index contributed by atoms with van der Waals surface area (Å²) in [5, 5.41) is 7.26. The van der Waals surface area contributed by atoms with Gasteiger partial charge in [-0.05, 0) is 42.5 Å². The first-order valence-corrected chi connectivity index (χ1v) is 8.65. The molecule has 0 aliphatic carbocycles. The molecule has 0 saturated carbocycles. The van der Waals surface area contributed by atoms with Crippen molar-refractivity contribution in [3.05, 3.63) is 47.5 Å². The summed E-state index contributed by atoms with van der Waals surface area (Å²) in [4.78, 5) is 20.4. The number of H-pyrrole nitrogens is 1. The molecule has 3 aromatic rings. The average Bonchev–Trinajstić information content (AvgIpc) is 3.15. The summed E-state index contributed by atoms with van der Waals surface area (Å²) >= 11 is 0. The minimum absolute atomic E-state index is 0.0270. The molecular formula is C19H25N5O. The Labute approximate surface area is 147 Å². The first kappa shape index (κ1) is 17.2. The number of aryl methyl sites for hydroxylation is 3. The molecule has 0 fully saturated rings. The molecule has 1 aromatic carbocycles. The van der Waals surface area contributed by atoms with Crippen LogP contribution in [-0.4, -0.2) is 25.7 Å². The molecule has 1 atom stereocenters. The maximum atomic E-state index is 12.4. The molecule has 0 saturated heterocycles. The number of nitrogens with one attached hydrogen (secondary N) is 2. The zero-order valence-corrected chi connectivity index (χ0v) is 15.2. The predicted molar refractivity (Wildman–Crippen MR) is 98.1 cm³/mol. The van der Waals surface area contributed by atoms with Crippen molar-refractivity contribution in [1.29, 1.82) is 0 Å². The number of fused-ring (bicyclic) bond motifs is 1. The Morgan fingerprint density at radius 1 is 1.36 bits per heavy atom. The Morgan fingerprint density at radius 2 is 2.16 bits per heavy atom. The van der Waals surface area contributed by atoms with Gasteiger partial charge in [0.25, 0.3) is 0 Å². The third kappa shape index (κ3) is 4.07. The lowest BCUT2D eigenvalue weighted by Crippen LogP contribution is -2.32. The van der Waals surface area contributed by atoms with Crippen molar-refractivity contribution < 1.29 is 4.79 Å². The van der Waals surface area contributed by atoms with E-state index in [9.17, 15) is 4.79 Å². The summed E-state index contributed by atoms with van der Waals surface area (Å²) in [6.07, 6.45) is 4.86. The minimum atomic E-state index is -0.130. The van der Waals surface area contributed by atoms with Crippen LogP contribution in [0.15, 0.2) is 30.6 Å². The number of aromatic nitrogens is 4. The Balaban J connectivity index is 1.70. The van der Waals surface area contributed by atoms with Gasteiger partial charge in [-0.15, -0.1) is 0 Å². The fourth-order valence-electron chi connectivity index (χ4n) is 2.95. The van der Waals surface area contributed by atoms with Crippen molar-refractivity contribution in [2.45, 2.75) is 39.7 Å². The second kappa shape index (κ2) is 7.09. The standard InChI is InChI=1S/C19H25N5O/c1-12(2)18(19-21-15-7-5-13(3)9-16(15)22-19)23-17(25)8-6-14-10-20-24(4)11-14/h5,7,9-12,18H,6,8H2,1-4H3,(H,21,22)(H,23,25)/t18-/m0/s1. The van der Waals surface area contributed by atoms with Crippen LogP contribution in [0.3, 0.4) is 0 Å². The number of rotatable bonds is 6. The molecular weight excluding hydrogens is 314 g/mol. The zero-order chi connectivity index (χ0) is 18.0. The zero-order valence-electron chi connectivity index (χ0n) is 15.2. The highest BCUT2D eigenvalue weighted by molar-refractivity contribution is 5.78. The van der Waals surface area contributed by atoms with E-state index in [2.05, 4.69) is 47.2 Å². The second-order valence-corrected chi connectivity index (χ2v) is 6.95. The molecule has 0 radical (unpaired) electrons. The monoisotopic (exact) mass is 339 g/mol. The lowest BCUT2D eigenvalue weighted by Gasteiger charge is -2.20. The predicted octanol–water partition coefficient (Wildman–Crippen LogP) is 3.05. The number of carbonyl (C=O) groups is 1. The first-order valence-electron chi connectivity index (χ1n) is 8.65. The van der Waals surface area contributed by atoms with Crippen molar-refractivity contribution in [2.75, 3.05) is 0 Å². The van der Waals surface area contributed by atoms with Gasteiger partial charge in [-0.25, -0.2) is 4.98 Å². The highest BCUT2D eigenvalue weighted by Gasteiger charge is 2.21. The number of imidazole rings is 1. The van der Waals surface area contributed by atoms with Crippen LogP contribution >= 0.6 is 0 Å². The van der Waals surface area contributed by atoms with Gasteiger partial charge in [-0.1, -0.05) is 19.9 Å². The molecule has 2 N–H and O–H groups in total. The molecule has 6 heteroatoms. The Bertz CT molecular complexity index is 877. The molecule has 0 bridgehead atoms. The molecule has 132 valence electrons. The number of amides is 1. The maximum Gasteiger partial charge on any atom is 0.220 e. The lowest BCUT2D eigenvalue weighted by molar-refractivity contribution is -0.122. The van der Waals surface area contributed by atoms with Gasteiger partial charge < -0.3 is 10.3 Å². The van der Waals surface area contributed by atoms with Crippen LogP contribution in [0.2, 0.25) is 0 Å². The number of aromatic amines is 1. The van der Waals surface area contributed by atoms with E-state index in [4.69, 9.17) is 0 Å². The van der Waals surface area contributed by atoms with E-state index in [-0.39, 0.29) is 17.9 Å². The molecule has 25 heavy (non-hydrogen) atoms. The summed E-state index contributed by atoms with van der Waals surface area (Å²) in [6, 6.07) is 6.00. The van der Waals surface area contributed by atoms with E-state index in [0.29, 0.717) is 12.8 Å². The van der Waals surface area contributed by atoms with Gasteiger partial charge in [0, 0.05) is 19.7 Å². The highest BCUT2D eigenvalue weighted by atomic mass is 16.1. The number of hydrogen-bond acceptors (Lipinski definition) is 3. The van der Waals surface area contributed by atoms with E-state index < -0.39 is 0 Å². The van der Waals surface area contributed by atoms with Gasteiger partial charge in [0.1, 0.15) is 5.82 Å². The van der Waals surface area contributed by atoms with Gasteiger partial charge in [0.15, 0.2) is 0 Å². The normalized spacial score (nSPS) is 12.7. The van der Waals surface area contributed by atoms with E-state index in [1.165, 1.54) is 5.56 Å². The van der Waals surface area contributed by atoms with Crippen LogP contribution in [0.4, 0.5) is 0 Å². The molecule has 0 unspecified atom stereocenters. The van der Waals surface area contributed by atoms with Gasteiger partial charge in [0.2, 0.25) is 5.91 Å². The van der Waals surface area contributed by atoms with E-state index in [0.717, 1.165) is 22.4 Å². The molecule has 0 aliphatic rings. The fraction of sp³-hybridized carbons (Fsp3) is 0.421. The van der Waals surface area contributed by atoms with E-state index in [1.54, 1.807) is 10.9 Å². The van der Waals surface area contributed by atoms with Crippen LogP contribution < -0.4 is 5.32 Å². The van der Waals surface area contributed by atoms with Crippen molar-refractivity contribution in [1.82, 2.24) is 25.1 Å². The molecule has 0 spiro atoms. The lowest BCUT2D eigenvalue weighted by atomic mass is 10.0. The molecule has 6 nitrogen and oxygen atoms in total. The average molecular weight is 339 g/mol. The van der Waals surface area contributed by atoms with Gasteiger partial charge in [-0.3, -0.25) is 9.48 Å². The van der Waals surface area contributed by atoms with Gasteiger partial charge >= 0.3 is 0 Å². The van der Waals surface area contributed by atoms with Crippen molar-refractivity contribution in [3.8, 4) is 0 Å². The largest absolute Gasteiger partial charge is 0.346 e. The van der Waals surface area contributed by atoms with Crippen LogP contribution in [0, 0.1) is 12.8 Å². The molecule has 1 amide bonds. The summed E-state index contributed by atoms with van der Waals surface area (Å²) in [5.74, 6) is 1.08. The van der Waals surface area contributed by atoms with Crippen LogP contribution in [0.25, 0.3) is 11.0 Å². The number of benzene rings is 1. The highest BCUT2D eigenvalue weighted by Crippen LogP contribution is 2.23. The molecule has 3 rings (SSSR count). The maximum absolute atomic E-state index is 12.4. The van der Waals surface area contributed by atoms with Crippen molar-refractivity contribution >= 4 is 16.9 Å². The number of carbonyl (C=O) groups excluding carboxylic acids is 1. The summed E-state index contributed by atoms with van der Waals surface area (Å²) in [6.45, 7) is 6.23. The third-order valence-corrected chi connectivity index (χ3v) is 4.33. The smallest absolute Gasteiger partial charge is 0.220 e. The molecule has 0 aliphatic heterocycles. The van der Waals surface area contributed by atoms with E-state index >= 15 is 0 Å². The number of nitrogens with zero attached hydrogens (tertiary/aromatic N) is 3. The second-order valence-electron chi connectivity index (χ2n) is 6.95. The Hall–Kier alpha value is -2.63. The van der Waals surface area contributed by atoms with Crippen LogP contribution in [0.1, 0.15) is 43.3 Å². The van der Waals surface area contributed by atoms with E-state index in [1.807, 2.05) is 25.4 Å². The fourth-order valence-corrected chi connectivity index (χ4v) is 2.95. The number of hydrogen-bond donors (Lipinski definition) is 2. The SMILES string of the molecule is Cc1ccc2nc([C@@H](NC(=O)CCc3cnn(C)c3)C(C)C)[nH]c2c1. The van der Waals surface area contributed by atoms with Crippen LogP contribution in [0.5, 0.6) is 0 Å². The van der Waals surface area contributed by atoms with Crippen LogP contribution in [-0.2, 0) is 18.3 Å². The van der Waals surface area contributed by atoms with Crippen molar-refractivity contribution in [3.63, 3.8) is 0 Å². The summed E-state index contributed by atoms with van der Waals surface area (Å²) < 4.78 is 1.75. The minimum Gasteiger partial charge on any atom is -0.346 e. The summed E-state index contributed by atoms with van der Waals surface area (Å²) in [7, 11) is 1.88. The van der Waals surface area contributed by atoms with Gasteiger partial charge in [-0.2, -0.15) is 5.10 Å². The van der Waals surface area contributed by atoms with Gasteiger partial charge in [0.05, 0.1) is 23.3 Å². The Morgan fingerprint density at radius 3 is 2.84 bits per heavy atom. The third-order valence-electron chi connectivity index (χ3n) is 4.33. The Kier molecular flexibility index (Phi) is 4.88. The topological polar surface area (TPSA) is 75.6 Å².